The van der Waals surface area contributed by atoms with Crippen LogP contribution in [0.4, 0.5) is 0 Å². The molecule has 0 unspecified atom stereocenters. The predicted molar refractivity (Wildman–Crippen MR) is 96.7 cm³/mol. The smallest absolute Gasteiger partial charge is 0.199 e. The van der Waals surface area contributed by atoms with Crippen LogP contribution >= 0.6 is 23.3 Å². The van der Waals surface area contributed by atoms with E-state index in [2.05, 4.69) is 19.6 Å². The van der Waals surface area contributed by atoms with Gasteiger partial charge in [-0.05, 0) is 35.4 Å². The molecule has 0 radical (unpaired) electrons. The molecular weight excluding hydrogens is 354 g/mol. The number of aryl methyl sites for hydroxylation is 1. The Hall–Kier alpha value is -2.45. The van der Waals surface area contributed by atoms with E-state index >= 15 is 0 Å². The SMILES string of the molecule is CCc1nsc(Sc2nnc(-c3ccccc3)n2Cc2ccco2)n1. The molecule has 0 aliphatic heterocycles. The minimum Gasteiger partial charge on any atom is -0.467 e. The molecule has 0 saturated heterocycles. The average Bonchev–Trinajstić information content (AvgIpc) is 3.39. The van der Waals surface area contributed by atoms with Gasteiger partial charge in [-0.25, -0.2) is 4.98 Å². The van der Waals surface area contributed by atoms with Crippen LogP contribution in [0.1, 0.15) is 18.5 Å². The van der Waals surface area contributed by atoms with Crippen LogP contribution < -0.4 is 0 Å². The highest BCUT2D eigenvalue weighted by Crippen LogP contribution is 2.31. The van der Waals surface area contributed by atoms with Crippen LogP contribution in [0.15, 0.2) is 62.6 Å². The van der Waals surface area contributed by atoms with Crippen molar-refractivity contribution in [1.82, 2.24) is 24.1 Å². The summed E-state index contributed by atoms with van der Waals surface area (Å²) in [6, 6.07) is 13.9. The molecule has 4 aromatic rings. The molecule has 0 amide bonds. The van der Waals surface area contributed by atoms with Gasteiger partial charge in [0.2, 0.25) is 0 Å². The number of rotatable bonds is 6. The molecule has 126 valence electrons. The fraction of sp³-hybridized carbons (Fsp3) is 0.176. The number of nitrogens with zero attached hydrogens (tertiary/aromatic N) is 5. The van der Waals surface area contributed by atoms with E-state index in [9.17, 15) is 0 Å². The van der Waals surface area contributed by atoms with Gasteiger partial charge in [-0.1, -0.05) is 37.3 Å². The van der Waals surface area contributed by atoms with E-state index in [-0.39, 0.29) is 0 Å². The molecule has 0 saturated carbocycles. The zero-order valence-corrected chi connectivity index (χ0v) is 15.1. The third-order valence-electron chi connectivity index (χ3n) is 3.59. The normalized spacial score (nSPS) is 11.1. The Kier molecular flexibility index (Phi) is 4.62. The molecule has 6 nitrogen and oxygen atoms in total. The first-order valence-corrected chi connectivity index (χ1v) is 9.44. The zero-order chi connectivity index (χ0) is 17.1. The molecule has 0 aliphatic carbocycles. The summed E-state index contributed by atoms with van der Waals surface area (Å²) in [5.74, 6) is 2.51. The summed E-state index contributed by atoms with van der Waals surface area (Å²) in [5, 5.41) is 9.55. The number of hydrogen-bond donors (Lipinski definition) is 0. The third-order valence-corrected chi connectivity index (χ3v) is 5.36. The third kappa shape index (κ3) is 3.49. The summed E-state index contributed by atoms with van der Waals surface area (Å²) in [5.41, 5.74) is 1.01. The molecule has 4 rings (SSSR count). The standard InChI is InChI=1S/C17H15N5OS2/c1-2-14-18-17(25-21-14)24-16-20-19-15(12-7-4-3-5-8-12)22(16)11-13-9-6-10-23-13/h3-10H,2,11H2,1H3. The Balaban J connectivity index is 1.71. The molecule has 1 aromatic carbocycles. The van der Waals surface area contributed by atoms with E-state index in [0.29, 0.717) is 6.54 Å². The summed E-state index contributed by atoms with van der Waals surface area (Å²) >= 11 is 2.87. The second-order valence-corrected chi connectivity index (χ2v) is 7.24. The second kappa shape index (κ2) is 7.20. The summed E-state index contributed by atoms with van der Waals surface area (Å²) in [4.78, 5) is 4.51. The molecular formula is C17H15N5OS2. The maximum Gasteiger partial charge on any atom is 0.199 e. The first-order chi connectivity index (χ1) is 12.3. The van der Waals surface area contributed by atoms with Crippen molar-refractivity contribution in [2.75, 3.05) is 0 Å². The molecule has 3 aromatic heterocycles. The van der Waals surface area contributed by atoms with E-state index in [4.69, 9.17) is 4.42 Å². The summed E-state index contributed by atoms with van der Waals surface area (Å²) in [6.45, 7) is 2.61. The number of aromatic nitrogens is 5. The Morgan fingerprint density at radius 2 is 2.00 bits per heavy atom. The van der Waals surface area contributed by atoms with Crippen molar-refractivity contribution in [1.29, 1.82) is 0 Å². The van der Waals surface area contributed by atoms with E-state index < -0.39 is 0 Å². The van der Waals surface area contributed by atoms with E-state index in [1.165, 1.54) is 23.3 Å². The first kappa shape index (κ1) is 16.0. The first-order valence-electron chi connectivity index (χ1n) is 7.85. The van der Waals surface area contributed by atoms with E-state index in [1.54, 1.807) is 6.26 Å². The molecule has 0 spiro atoms. The van der Waals surface area contributed by atoms with Crippen LogP contribution in [0, 0.1) is 0 Å². The maximum atomic E-state index is 5.51. The van der Waals surface area contributed by atoms with Crippen molar-refractivity contribution >= 4 is 23.3 Å². The Labute approximate surface area is 153 Å². The summed E-state index contributed by atoms with van der Waals surface area (Å²) in [7, 11) is 0. The molecule has 0 N–H and O–H groups in total. The Bertz CT molecular complexity index is 947. The lowest BCUT2D eigenvalue weighted by molar-refractivity contribution is 0.485. The fourth-order valence-corrected chi connectivity index (χ4v) is 4.00. The topological polar surface area (TPSA) is 69.6 Å². The quantitative estimate of drug-likeness (QED) is 0.508. The van der Waals surface area contributed by atoms with Crippen LogP contribution in [-0.4, -0.2) is 24.1 Å². The van der Waals surface area contributed by atoms with Crippen LogP contribution in [-0.2, 0) is 13.0 Å². The van der Waals surface area contributed by atoms with Crippen LogP contribution in [0.3, 0.4) is 0 Å². The number of hydrogen-bond acceptors (Lipinski definition) is 7. The maximum absolute atomic E-state index is 5.51. The highest BCUT2D eigenvalue weighted by molar-refractivity contribution is 8.00. The predicted octanol–water partition coefficient (Wildman–Crippen LogP) is 4.15. The van der Waals surface area contributed by atoms with Gasteiger partial charge in [0.15, 0.2) is 15.3 Å². The van der Waals surface area contributed by atoms with Crippen LogP contribution in [0.5, 0.6) is 0 Å². The average molecular weight is 369 g/mol. The van der Waals surface area contributed by atoms with Gasteiger partial charge in [0, 0.05) is 12.0 Å². The van der Waals surface area contributed by atoms with E-state index in [0.717, 1.165) is 38.9 Å². The van der Waals surface area contributed by atoms with Gasteiger partial charge in [-0.2, -0.15) is 4.37 Å². The highest BCUT2D eigenvalue weighted by Gasteiger charge is 2.18. The number of furan rings is 1. The Morgan fingerprint density at radius 1 is 1.12 bits per heavy atom. The van der Waals surface area contributed by atoms with Crippen molar-refractivity contribution in [2.45, 2.75) is 29.4 Å². The van der Waals surface area contributed by atoms with Crippen molar-refractivity contribution in [3.05, 3.63) is 60.3 Å². The second-order valence-electron chi connectivity index (χ2n) is 5.27. The van der Waals surface area contributed by atoms with Crippen molar-refractivity contribution in [3.63, 3.8) is 0 Å². The van der Waals surface area contributed by atoms with Crippen molar-refractivity contribution in [3.8, 4) is 11.4 Å². The summed E-state index contributed by atoms with van der Waals surface area (Å²) < 4.78 is 12.8. The van der Waals surface area contributed by atoms with Gasteiger partial charge in [0.05, 0.1) is 12.8 Å². The molecule has 0 atom stereocenters. The lowest BCUT2D eigenvalue weighted by atomic mass is 10.2. The van der Waals surface area contributed by atoms with Crippen molar-refractivity contribution < 1.29 is 4.42 Å². The molecule has 0 bridgehead atoms. The highest BCUT2D eigenvalue weighted by atomic mass is 32.2. The molecule has 0 fully saturated rings. The molecule has 3 heterocycles. The monoisotopic (exact) mass is 369 g/mol. The number of benzene rings is 1. The van der Waals surface area contributed by atoms with Gasteiger partial charge in [-0.3, -0.25) is 4.57 Å². The van der Waals surface area contributed by atoms with Gasteiger partial charge < -0.3 is 4.42 Å². The van der Waals surface area contributed by atoms with E-state index in [1.807, 2.05) is 54.0 Å². The van der Waals surface area contributed by atoms with Gasteiger partial charge >= 0.3 is 0 Å². The van der Waals surface area contributed by atoms with Crippen LogP contribution in [0.25, 0.3) is 11.4 Å². The molecule has 0 aliphatic rings. The lowest BCUT2D eigenvalue weighted by Gasteiger charge is -2.07. The van der Waals surface area contributed by atoms with Gasteiger partial charge in [0.1, 0.15) is 11.6 Å². The van der Waals surface area contributed by atoms with Gasteiger partial charge in [0.25, 0.3) is 0 Å². The lowest BCUT2D eigenvalue weighted by Crippen LogP contribution is -2.03. The van der Waals surface area contributed by atoms with Crippen molar-refractivity contribution in [2.24, 2.45) is 0 Å². The van der Waals surface area contributed by atoms with Gasteiger partial charge in [-0.15, -0.1) is 10.2 Å². The largest absolute Gasteiger partial charge is 0.467 e. The molecule has 8 heteroatoms. The Morgan fingerprint density at radius 3 is 2.72 bits per heavy atom. The molecule has 25 heavy (non-hydrogen) atoms. The summed E-state index contributed by atoms with van der Waals surface area (Å²) in [6.07, 6.45) is 2.50. The minimum atomic E-state index is 0.562. The minimum absolute atomic E-state index is 0.562. The fourth-order valence-electron chi connectivity index (χ4n) is 2.37. The van der Waals surface area contributed by atoms with Crippen LogP contribution in [0.2, 0.25) is 0 Å². The zero-order valence-electron chi connectivity index (χ0n) is 13.5.